The molecule has 2 heterocycles. The van der Waals surface area contributed by atoms with Gasteiger partial charge in [0, 0.05) is 18.7 Å². The van der Waals surface area contributed by atoms with E-state index in [9.17, 15) is 31.2 Å². The van der Waals surface area contributed by atoms with Crippen molar-refractivity contribution in [2.24, 2.45) is 0 Å². The molecule has 0 bridgehead atoms. The fourth-order valence-electron chi connectivity index (χ4n) is 7.52. The van der Waals surface area contributed by atoms with Gasteiger partial charge in [-0.05, 0) is 125 Å². The molecular formula is C46H49ClN2O9S2. The van der Waals surface area contributed by atoms with E-state index in [1.807, 2.05) is 83.8 Å². The first-order chi connectivity index (χ1) is 28.3. The van der Waals surface area contributed by atoms with Crippen molar-refractivity contribution in [1.29, 1.82) is 0 Å². The Morgan fingerprint density at radius 3 is 1.27 bits per heavy atom. The highest BCUT2D eigenvalue weighted by atomic mass is 35.5. The Kier molecular flexibility index (Phi) is 15.2. The fraction of sp³-hybridized carbons (Fsp3) is 0.283. The normalized spacial score (nSPS) is 16.2. The van der Waals surface area contributed by atoms with Crippen molar-refractivity contribution >= 4 is 49.4 Å². The molecule has 0 aromatic heterocycles. The predicted molar refractivity (Wildman–Crippen MR) is 233 cm³/mol. The van der Waals surface area contributed by atoms with Crippen LogP contribution in [-0.4, -0.2) is 81.3 Å². The van der Waals surface area contributed by atoms with Crippen LogP contribution in [-0.2, 0) is 29.3 Å². The van der Waals surface area contributed by atoms with E-state index in [2.05, 4.69) is 5.32 Å². The van der Waals surface area contributed by atoms with E-state index < -0.39 is 29.2 Å². The molecule has 2 saturated heterocycles. The molecule has 2 fully saturated rings. The molecule has 1 N–H and O–H groups in total. The molecule has 0 atom stereocenters. The molecule has 60 heavy (non-hydrogen) atoms. The van der Waals surface area contributed by atoms with Crippen molar-refractivity contribution in [2.75, 3.05) is 32.7 Å². The van der Waals surface area contributed by atoms with E-state index in [1.54, 1.807) is 36.4 Å². The number of nitrogens with one attached hydrogen (secondary N) is 1. The zero-order chi connectivity index (χ0) is 42.1. The zero-order valence-electron chi connectivity index (χ0n) is 33.5. The number of ether oxygens (including phenoxy) is 2. The second kappa shape index (κ2) is 19.9. The van der Waals surface area contributed by atoms with Gasteiger partial charge < -0.3 is 14.8 Å². The van der Waals surface area contributed by atoms with Crippen molar-refractivity contribution in [3.63, 3.8) is 0 Å². The van der Waals surface area contributed by atoms with Crippen LogP contribution in [0.2, 0.25) is 0 Å². The van der Waals surface area contributed by atoms with Gasteiger partial charge in [0.1, 0.15) is 32.5 Å². The minimum absolute atomic E-state index is 0. The number of hydrogen-bond acceptors (Lipinski definition) is 11. The van der Waals surface area contributed by atoms with Gasteiger partial charge in [0.05, 0.1) is 16.3 Å². The lowest BCUT2D eigenvalue weighted by Gasteiger charge is -2.39. The van der Waals surface area contributed by atoms with Gasteiger partial charge in [-0.3, -0.25) is 19.3 Å². The van der Waals surface area contributed by atoms with E-state index in [1.165, 1.54) is 38.1 Å². The SMILES string of the molecule is CC(=O)C1(S(=O)(=O)c2ccc(Oc3ccccc3)cc2)CCN(CC(=O)c2ccccc2)CC1.CC(=O)C1(S(=O)(=O)c2ccc(Oc3ccccc3)cc2)CCNCC1.Cl. The quantitative estimate of drug-likeness (QED) is 0.115. The number of rotatable bonds is 13. The highest BCUT2D eigenvalue weighted by molar-refractivity contribution is 7.94. The first kappa shape index (κ1) is 45.9. The molecule has 5 aromatic rings. The molecule has 316 valence electrons. The standard InChI is InChI=1S/C27H27NO5S.C19H21NO4S.ClH/c1-21(29)27(16-18-28(19-17-27)20-26(30)22-8-4-2-5-9-22)34(31,32)25-14-12-24(13-15-25)33-23-10-6-3-7-11-23;1-15(21)19(11-13-20-14-12-19)25(22,23)18-9-7-17(8-10-18)24-16-5-3-2-4-6-16;/h2-15H,16-20H2,1H3;2-10,20H,11-14H2,1H3;1H. The maximum Gasteiger partial charge on any atom is 0.191 e. The molecule has 14 heteroatoms. The van der Waals surface area contributed by atoms with Gasteiger partial charge >= 0.3 is 0 Å². The van der Waals surface area contributed by atoms with Crippen LogP contribution < -0.4 is 14.8 Å². The lowest BCUT2D eigenvalue weighted by molar-refractivity contribution is -0.121. The van der Waals surface area contributed by atoms with E-state index >= 15 is 0 Å². The number of Topliss-reactive ketones (excluding diaryl/α,β-unsaturated/α-hetero) is 3. The Labute approximate surface area is 358 Å². The first-order valence-corrected chi connectivity index (χ1v) is 22.4. The van der Waals surface area contributed by atoms with Gasteiger partial charge in [-0.15, -0.1) is 12.4 Å². The van der Waals surface area contributed by atoms with Crippen LogP contribution in [0.15, 0.2) is 149 Å². The van der Waals surface area contributed by atoms with Crippen molar-refractivity contribution in [1.82, 2.24) is 10.2 Å². The Morgan fingerprint density at radius 1 is 0.533 bits per heavy atom. The summed E-state index contributed by atoms with van der Waals surface area (Å²) in [5.41, 5.74) is 0.622. The molecular weight excluding hydrogens is 824 g/mol. The summed E-state index contributed by atoms with van der Waals surface area (Å²) in [5.74, 6) is 1.70. The zero-order valence-corrected chi connectivity index (χ0v) is 35.9. The van der Waals surface area contributed by atoms with Crippen molar-refractivity contribution in [3.05, 3.63) is 145 Å². The van der Waals surface area contributed by atoms with Crippen LogP contribution in [0.25, 0.3) is 0 Å². The van der Waals surface area contributed by atoms with Gasteiger partial charge in [-0.2, -0.15) is 0 Å². The summed E-state index contributed by atoms with van der Waals surface area (Å²) in [7, 11) is -7.69. The number of carbonyl (C=O) groups excluding carboxylic acids is 3. The number of benzene rings is 5. The maximum atomic E-state index is 13.6. The van der Waals surface area contributed by atoms with Crippen molar-refractivity contribution in [2.45, 2.75) is 58.8 Å². The Bertz CT molecular complexity index is 2440. The summed E-state index contributed by atoms with van der Waals surface area (Å²) in [6.45, 7) is 4.66. The monoisotopic (exact) mass is 872 g/mol. The summed E-state index contributed by atoms with van der Waals surface area (Å²) in [4.78, 5) is 39.6. The third-order valence-corrected chi connectivity index (χ3v) is 16.3. The molecule has 0 amide bonds. The number of sulfone groups is 2. The third kappa shape index (κ3) is 10.0. The number of hydrogen-bond donors (Lipinski definition) is 1. The van der Waals surface area contributed by atoms with Crippen LogP contribution in [0.4, 0.5) is 0 Å². The van der Waals surface area contributed by atoms with Crippen LogP contribution in [0.1, 0.15) is 49.9 Å². The van der Waals surface area contributed by atoms with Crippen LogP contribution >= 0.6 is 12.4 Å². The molecule has 11 nitrogen and oxygen atoms in total. The Hall–Kier alpha value is -5.18. The smallest absolute Gasteiger partial charge is 0.191 e. The molecule has 2 aliphatic rings. The molecule has 0 saturated carbocycles. The summed E-state index contributed by atoms with van der Waals surface area (Å²) in [6.07, 6.45) is 0.893. The predicted octanol–water partition coefficient (Wildman–Crippen LogP) is 7.94. The summed E-state index contributed by atoms with van der Waals surface area (Å²) in [6, 6.07) is 39.9. The highest BCUT2D eigenvalue weighted by Gasteiger charge is 2.51. The van der Waals surface area contributed by atoms with Crippen LogP contribution in [0, 0.1) is 0 Å². The second-order valence-electron chi connectivity index (χ2n) is 14.7. The molecule has 7 rings (SSSR count). The van der Waals surface area contributed by atoms with Crippen LogP contribution in [0.3, 0.4) is 0 Å². The van der Waals surface area contributed by atoms with E-state index in [-0.39, 0.29) is 58.9 Å². The van der Waals surface area contributed by atoms with Gasteiger partial charge in [0.15, 0.2) is 37.0 Å². The summed E-state index contributed by atoms with van der Waals surface area (Å²) < 4.78 is 62.1. The lowest BCUT2D eigenvalue weighted by Crippen LogP contribution is -2.54. The number of para-hydroxylation sites is 2. The van der Waals surface area contributed by atoms with Crippen molar-refractivity contribution in [3.8, 4) is 23.0 Å². The number of likely N-dealkylation sites (tertiary alicyclic amines) is 1. The van der Waals surface area contributed by atoms with E-state index in [4.69, 9.17) is 9.47 Å². The molecule has 0 unspecified atom stereocenters. The number of piperidine rings is 2. The molecule has 2 aliphatic heterocycles. The summed E-state index contributed by atoms with van der Waals surface area (Å²) in [5, 5.41) is 3.12. The number of carbonyl (C=O) groups is 3. The fourth-order valence-corrected chi connectivity index (χ4v) is 11.6. The molecule has 0 spiro atoms. The largest absolute Gasteiger partial charge is 0.457 e. The van der Waals surface area contributed by atoms with Gasteiger partial charge in [0.2, 0.25) is 0 Å². The average Bonchev–Trinajstić information content (AvgIpc) is 3.25. The van der Waals surface area contributed by atoms with Crippen LogP contribution in [0.5, 0.6) is 23.0 Å². The number of nitrogens with zero attached hydrogens (tertiary/aromatic N) is 1. The highest BCUT2D eigenvalue weighted by Crippen LogP contribution is 2.38. The third-order valence-electron chi connectivity index (χ3n) is 11.1. The van der Waals surface area contributed by atoms with Gasteiger partial charge in [-0.25, -0.2) is 16.8 Å². The van der Waals surface area contributed by atoms with E-state index in [0.29, 0.717) is 67.6 Å². The average molecular weight is 873 g/mol. The molecule has 0 aliphatic carbocycles. The minimum atomic E-state index is -3.93. The van der Waals surface area contributed by atoms with Gasteiger partial charge in [0.25, 0.3) is 0 Å². The first-order valence-electron chi connectivity index (χ1n) is 19.5. The number of halogens is 1. The van der Waals surface area contributed by atoms with Crippen molar-refractivity contribution < 1.29 is 40.7 Å². The Morgan fingerprint density at radius 2 is 0.883 bits per heavy atom. The van der Waals surface area contributed by atoms with Gasteiger partial charge in [-0.1, -0.05) is 66.7 Å². The molecule has 5 aromatic carbocycles. The summed E-state index contributed by atoms with van der Waals surface area (Å²) >= 11 is 0. The number of ketones is 3. The Balaban J connectivity index is 0.000000234. The minimum Gasteiger partial charge on any atom is -0.457 e. The lowest BCUT2D eigenvalue weighted by atomic mass is 9.91. The maximum absolute atomic E-state index is 13.6. The topological polar surface area (TPSA) is 153 Å². The van der Waals surface area contributed by atoms with E-state index in [0.717, 1.165) is 0 Å². The second-order valence-corrected chi connectivity index (χ2v) is 19.2. The molecule has 0 radical (unpaired) electrons.